The molecular weight excluding hydrogens is 484 g/mol. The van der Waals surface area contributed by atoms with Gasteiger partial charge in [0.25, 0.3) is 0 Å². The summed E-state index contributed by atoms with van der Waals surface area (Å²) in [5, 5.41) is 0. The molecule has 1 aliphatic rings. The van der Waals surface area contributed by atoms with Crippen LogP contribution in [-0.4, -0.2) is 64.1 Å². The van der Waals surface area contributed by atoms with Crippen molar-refractivity contribution in [1.82, 2.24) is 9.88 Å². The first-order valence-electron chi connectivity index (χ1n) is 11.8. The number of rotatable bonds is 5. The van der Waals surface area contributed by atoms with E-state index in [1.807, 2.05) is 24.3 Å². The van der Waals surface area contributed by atoms with Crippen molar-refractivity contribution in [2.45, 2.75) is 84.3 Å². The maximum absolute atomic E-state index is 13.1. The number of carbonyl (C=O) groups excluding carboxylic acids is 3. The van der Waals surface area contributed by atoms with E-state index in [4.69, 9.17) is 18.9 Å². The molecular formula is C26H34N2O7S. The van der Waals surface area contributed by atoms with E-state index in [-0.39, 0.29) is 6.54 Å². The van der Waals surface area contributed by atoms with Crippen LogP contribution in [-0.2, 0) is 30.2 Å². The highest BCUT2D eigenvalue weighted by Gasteiger charge is 2.49. The normalized spacial score (nSPS) is 20.1. The number of carbonyl (C=O) groups is 3. The Balaban J connectivity index is 1.89. The van der Waals surface area contributed by atoms with Crippen LogP contribution >= 0.6 is 11.3 Å². The Hall–Kier alpha value is -3.14. The van der Waals surface area contributed by atoms with Crippen LogP contribution in [0.25, 0.3) is 10.4 Å². The quantitative estimate of drug-likeness (QED) is 0.392. The molecule has 1 aromatic heterocycles. The molecule has 1 aromatic carbocycles. The fourth-order valence-electron chi connectivity index (χ4n) is 3.87. The maximum atomic E-state index is 13.1. The number of benzene rings is 1. The number of ether oxygens (including phenoxy) is 4. The molecule has 2 aromatic rings. The molecule has 9 nitrogen and oxygen atoms in total. The fraction of sp³-hybridized carbons (Fsp3) is 0.538. The highest BCUT2D eigenvalue weighted by atomic mass is 32.1. The molecule has 36 heavy (non-hydrogen) atoms. The molecule has 0 unspecified atom stereocenters. The molecule has 1 aliphatic heterocycles. The summed E-state index contributed by atoms with van der Waals surface area (Å²) in [6, 6.07) is 7.24. The van der Waals surface area contributed by atoms with E-state index >= 15 is 0 Å². The number of amides is 1. The molecule has 0 bridgehead atoms. The first kappa shape index (κ1) is 27.4. The van der Waals surface area contributed by atoms with Crippen LogP contribution in [0.3, 0.4) is 0 Å². The third kappa shape index (κ3) is 7.68. The van der Waals surface area contributed by atoms with Gasteiger partial charge in [-0.3, -0.25) is 14.7 Å². The summed E-state index contributed by atoms with van der Waals surface area (Å²) in [4.78, 5) is 44.2. The van der Waals surface area contributed by atoms with Crippen molar-refractivity contribution in [2.75, 3.05) is 6.54 Å². The number of likely N-dealkylation sites (tertiary alicyclic amines) is 1. The average Bonchev–Trinajstić information content (AvgIpc) is 3.36. The molecule has 1 amide bonds. The van der Waals surface area contributed by atoms with Crippen molar-refractivity contribution in [3.05, 3.63) is 41.5 Å². The van der Waals surface area contributed by atoms with Gasteiger partial charge in [-0.1, -0.05) is 24.3 Å². The van der Waals surface area contributed by atoms with Gasteiger partial charge in [0.15, 0.2) is 12.2 Å². The zero-order valence-electron chi connectivity index (χ0n) is 21.8. The van der Waals surface area contributed by atoms with E-state index in [2.05, 4.69) is 4.98 Å². The minimum atomic E-state index is -0.919. The Morgan fingerprint density at radius 1 is 1.00 bits per heavy atom. The highest BCUT2D eigenvalue weighted by molar-refractivity contribution is 7.13. The highest BCUT2D eigenvalue weighted by Crippen LogP contribution is 2.31. The molecule has 3 rings (SSSR count). The molecule has 2 heterocycles. The monoisotopic (exact) mass is 518 g/mol. The smallest absolute Gasteiger partial charge is 0.456 e. The van der Waals surface area contributed by atoms with E-state index in [0.29, 0.717) is 6.42 Å². The fourth-order valence-corrected chi connectivity index (χ4v) is 4.50. The third-order valence-corrected chi connectivity index (χ3v) is 6.03. The lowest BCUT2D eigenvalue weighted by atomic mass is 9.99. The third-order valence-electron chi connectivity index (χ3n) is 5.21. The number of hydrogen-bond donors (Lipinski definition) is 0. The van der Waals surface area contributed by atoms with Gasteiger partial charge in [0.1, 0.15) is 11.2 Å². The Labute approximate surface area is 215 Å². The summed E-state index contributed by atoms with van der Waals surface area (Å²) < 4.78 is 22.1. The van der Waals surface area contributed by atoms with Crippen LogP contribution in [0.4, 0.5) is 9.59 Å². The molecule has 196 valence electrons. The van der Waals surface area contributed by atoms with Crippen molar-refractivity contribution in [2.24, 2.45) is 0 Å². The van der Waals surface area contributed by atoms with E-state index < -0.39 is 47.7 Å². The Morgan fingerprint density at radius 3 is 2.17 bits per heavy atom. The topological polar surface area (TPSA) is 104 Å². The molecule has 1 fully saturated rings. The van der Waals surface area contributed by atoms with Crippen LogP contribution in [0, 0.1) is 0 Å². The second-order valence-electron chi connectivity index (χ2n) is 10.7. The second kappa shape index (κ2) is 10.9. The van der Waals surface area contributed by atoms with Crippen molar-refractivity contribution in [3.63, 3.8) is 0 Å². The number of esters is 1. The van der Waals surface area contributed by atoms with E-state index in [1.54, 1.807) is 64.6 Å². The number of aromatic nitrogens is 1. The zero-order valence-corrected chi connectivity index (χ0v) is 22.6. The molecule has 0 N–H and O–H groups in total. The Kier molecular flexibility index (Phi) is 8.28. The molecule has 0 saturated carbocycles. The summed E-state index contributed by atoms with van der Waals surface area (Å²) >= 11 is 1.54. The number of nitrogens with zero attached hydrogens (tertiary/aromatic N) is 2. The summed E-state index contributed by atoms with van der Waals surface area (Å²) in [5.41, 5.74) is 2.21. The first-order valence-corrected chi connectivity index (χ1v) is 12.6. The van der Waals surface area contributed by atoms with Crippen molar-refractivity contribution in [3.8, 4) is 10.4 Å². The molecule has 10 heteroatoms. The first-order chi connectivity index (χ1) is 16.7. The predicted octanol–water partition coefficient (Wildman–Crippen LogP) is 5.22. The Bertz CT molecular complexity index is 1060. The minimum absolute atomic E-state index is 0.00425. The lowest BCUT2D eigenvalue weighted by Gasteiger charge is -2.30. The van der Waals surface area contributed by atoms with Gasteiger partial charge >= 0.3 is 18.2 Å². The summed E-state index contributed by atoms with van der Waals surface area (Å²) in [6.45, 7) is 11.7. The van der Waals surface area contributed by atoms with Crippen LogP contribution in [0.5, 0.6) is 0 Å². The van der Waals surface area contributed by atoms with Gasteiger partial charge in [-0.05, 0) is 59.1 Å². The second-order valence-corrected chi connectivity index (χ2v) is 11.5. The van der Waals surface area contributed by atoms with Gasteiger partial charge in [0, 0.05) is 13.1 Å². The van der Waals surface area contributed by atoms with Crippen LogP contribution in [0.1, 0.15) is 54.0 Å². The maximum Gasteiger partial charge on any atom is 0.509 e. The molecule has 0 radical (unpaired) electrons. The standard InChI is InChI=1S/C26H34N2O7S/c1-16(29)32-22-19(12-17-8-10-18(11-9-17)21-13-27-15-36-21)28(23(30)34-25(2,3)4)14-20(22)33-24(31)35-26(5,6)7/h8-11,13,15,19-20,22H,12,14H2,1-7H3/t19-,20+,22+/m1/s1. The number of thiazole rings is 1. The van der Waals surface area contributed by atoms with Gasteiger partial charge in [0.05, 0.1) is 23.0 Å². The minimum Gasteiger partial charge on any atom is -0.456 e. The molecule has 1 saturated heterocycles. The predicted molar refractivity (Wildman–Crippen MR) is 135 cm³/mol. The van der Waals surface area contributed by atoms with Gasteiger partial charge in [-0.25, -0.2) is 9.59 Å². The molecule has 0 spiro atoms. The van der Waals surface area contributed by atoms with Gasteiger partial charge in [-0.2, -0.15) is 0 Å². The Morgan fingerprint density at radius 2 is 1.64 bits per heavy atom. The van der Waals surface area contributed by atoms with Crippen molar-refractivity contribution < 1.29 is 33.3 Å². The van der Waals surface area contributed by atoms with E-state index in [0.717, 1.165) is 16.0 Å². The van der Waals surface area contributed by atoms with Gasteiger partial charge < -0.3 is 18.9 Å². The van der Waals surface area contributed by atoms with E-state index in [1.165, 1.54) is 11.8 Å². The van der Waals surface area contributed by atoms with Crippen molar-refractivity contribution in [1.29, 1.82) is 0 Å². The van der Waals surface area contributed by atoms with Crippen LogP contribution < -0.4 is 0 Å². The SMILES string of the molecule is CC(=O)O[C@@H]1[C@@H](OC(=O)OC(C)(C)C)CN(C(=O)OC(C)(C)C)[C@@H]1Cc1ccc(-c2cncs2)cc1. The zero-order chi connectivity index (χ0) is 26.7. The number of hydrogen-bond acceptors (Lipinski definition) is 9. The summed E-state index contributed by atoms with van der Waals surface area (Å²) in [6.07, 6.45) is -1.14. The molecule has 3 atom stereocenters. The van der Waals surface area contributed by atoms with Crippen LogP contribution in [0.2, 0.25) is 0 Å². The van der Waals surface area contributed by atoms with E-state index in [9.17, 15) is 14.4 Å². The largest absolute Gasteiger partial charge is 0.509 e. The van der Waals surface area contributed by atoms with Gasteiger partial charge in [0.2, 0.25) is 0 Å². The lowest BCUT2D eigenvalue weighted by molar-refractivity contribution is -0.153. The summed E-state index contributed by atoms with van der Waals surface area (Å²) in [7, 11) is 0. The molecule has 0 aliphatic carbocycles. The summed E-state index contributed by atoms with van der Waals surface area (Å²) in [5.74, 6) is -0.547. The lowest BCUT2D eigenvalue weighted by Crippen LogP contribution is -2.45. The van der Waals surface area contributed by atoms with Crippen molar-refractivity contribution >= 4 is 29.6 Å². The van der Waals surface area contributed by atoms with Gasteiger partial charge in [-0.15, -0.1) is 11.3 Å². The average molecular weight is 519 g/mol. The van der Waals surface area contributed by atoms with Crippen LogP contribution in [0.15, 0.2) is 36.0 Å².